The van der Waals surface area contributed by atoms with Crippen LogP contribution < -0.4 is 11.1 Å². The number of anilines is 1. The molecule has 0 spiro atoms. The van der Waals surface area contributed by atoms with Crippen molar-refractivity contribution in [1.82, 2.24) is 4.31 Å². The van der Waals surface area contributed by atoms with Gasteiger partial charge in [0.1, 0.15) is 5.75 Å². The highest BCUT2D eigenvalue weighted by molar-refractivity contribution is 7.89. The van der Waals surface area contributed by atoms with E-state index in [9.17, 15) is 18.3 Å². The highest BCUT2D eigenvalue weighted by Crippen LogP contribution is 2.32. The van der Waals surface area contributed by atoms with E-state index >= 15 is 0 Å². The Morgan fingerprint density at radius 1 is 1.17 bits per heavy atom. The van der Waals surface area contributed by atoms with Gasteiger partial charge in [-0.15, -0.1) is 0 Å². The SMILES string of the molecule is NC1(C(=O)Nc2cc(S(=O)(=O)N3CCCC3)ccc2O)CCCC1. The summed E-state index contributed by atoms with van der Waals surface area (Å²) in [5.41, 5.74) is 5.24. The van der Waals surface area contributed by atoms with Crippen LogP contribution in [0, 0.1) is 0 Å². The minimum atomic E-state index is -3.61. The molecule has 1 aliphatic heterocycles. The van der Waals surface area contributed by atoms with E-state index in [0.29, 0.717) is 25.9 Å². The van der Waals surface area contributed by atoms with Crippen LogP contribution in [-0.4, -0.2) is 42.4 Å². The Morgan fingerprint density at radius 3 is 2.42 bits per heavy atom. The minimum Gasteiger partial charge on any atom is -0.506 e. The lowest BCUT2D eigenvalue weighted by Gasteiger charge is -2.23. The first-order valence-corrected chi connectivity index (χ1v) is 9.70. The summed E-state index contributed by atoms with van der Waals surface area (Å²) >= 11 is 0. The number of sulfonamides is 1. The van der Waals surface area contributed by atoms with Gasteiger partial charge in [-0.2, -0.15) is 4.31 Å². The molecule has 1 heterocycles. The van der Waals surface area contributed by atoms with Crippen LogP contribution in [0.2, 0.25) is 0 Å². The topological polar surface area (TPSA) is 113 Å². The fourth-order valence-electron chi connectivity index (χ4n) is 3.33. The molecule has 0 aromatic heterocycles. The molecule has 7 nitrogen and oxygen atoms in total. The molecule has 0 unspecified atom stereocenters. The Kier molecular flexibility index (Phi) is 4.54. The van der Waals surface area contributed by atoms with Gasteiger partial charge in [0, 0.05) is 13.1 Å². The molecule has 1 saturated carbocycles. The fourth-order valence-corrected chi connectivity index (χ4v) is 4.88. The van der Waals surface area contributed by atoms with Gasteiger partial charge in [-0.25, -0.2) is 8.42 Å². The minimum absolute atomic E-state index is 0.0648. The normalized spacial score (nSPS) is 21.0. The molecular formula is C16H23N3O4S. The summed E-state index contributed by atoms with van der Waals surface area (Å²) in [4.78, 5) is 12.5. The summed E-state index contributed by atoms with van der Waals surface area (Å²) in [5, 5.41) is 12.6. The van der Waals surface area contributed by atoms with E-state index in [-0.39, 0.29) is 22.2 Å². The number of hydrogen-bond donors (Lipinski definition) is 3. The molecule has 1 saturated heterocycles. The molecule has 1 amide bonds. The third-order valence-electron chi connectivity index (χ3n) is 4.87. The largest absolute Gasteiger partial charge is 0.506 e. The van der Waals surface area contributed by atoms with E-state index in [0.717, 1.165) is 25.7 Å². The van der Waals surface area contributed by atoms with Gasteiger partial charge in [0.05, 0.1) is 16.1 Å². The molecule has 0 bridgehead atoms. The molecule has 1 aliphatic carbocycles. The number of carbonyl (C=O) groups excluding carboxylic acids is 1. The number of nitrogens with two attached hydrogens (primary N) is 1. The molecule has 1 aromatic carbocycles. The van der Waals surface area contributed by atoms with E-state index in [4.69, 9.17) is 5.73 Å². The Balaban J connectivity index is 1.85. The first-order chi connectivity index (χ1) is 11.3. The predicted molar refractivity (Wildman–Crippen MR) is 90.1 cm³/mol. The second-order valence-corrected chi connectivity index (χ2v) is 8.55. The van der Waals surface area contributed by atoms with Gasteiger partial charge in [0.2, 0.25) is 15.9 Å². The van der Waals surface area contributed by atoms with E-state index in [1.165, 1.54) is 22.5 Å². The van der Waals surface area contributed by atoms with E-state index in [1.54, 1.807) is 0 Å². The van der Waals surface area contributed by atoms with Crippen LogP contribution >= 0.6 is 0 Å². The first kappa shape index (κ1) is 17.2. The van der Waals surface area contributed by atoms with Crippen molar-refractivity contribution in [2.24, 2.45) is 5.73 Å². The molecule has 3 rings (SSSR count). The van der Waals surface area contributed by atoms with E-state index < -0.39 is 15.6 Å². The number of nitrogens with one attached hydrogen (secondary N) is 1. The average molecular weight is 353 g/mol. The van der Waals surface area contributed by atoms with Crippen molar-refractivity contribution in [3.63, 3.8) is 0 Å². The quantitative estimate of drug-likeness (QED) is 0.708. The summed E-state index contributed by atoms with van der Waals surface area (Å²) in [6.07, 6.45) is 4.64. The van der Waals surface area contributed by atoms with Crippen LogP contribution in [0.5, 0.6) is 5.75 Å². The Morgan fingerprint density at radius 2 is 1.79 bits per heavy atom. The molecule has 8 heteroatoms. The lowest BCUT2D eigenvalue weighted by atomic mass is 9.98. The zero-order valence-electron chi connectivity index (χ0n) is 13.5. The number of phenolic OH excluding ortho intramolecular Hbond substituents is 1. The summed E-state index contributed by atoms with van der Waals surface area (Å²) in [6.45, 7) is 0.994. The number of benzene rings is 1. The maximum atomic E-state index is 12.6. The Bertz CT molecular complexity index is 736. The molecule has 24 heavy (non-hydrogen) atoms. The van der Waals surface area contributed by atoms with Crippen LogP contribution in [-0.2, 0) is 14.8 Å². The molecule has 1 aromatic rings. The van der Waals surface area contributed by atoms with Crippen molar-refractivity contribution in [3.05, 3.63) is 18.2 Å². The second-order valence-electron chi connectivity index (χ2n) is 6.61. The van der Waals surface area contributed by atoms with E-state index in [2.05, 4.69) is 5.32 Å². The summed E-state index contributed by atoms with van der Waals surface area (Å²) in [5.74, 6) is -0.559. The van der Waals surface area contributed by atoms with Crippen molar-refractivity contribution in [2.75, 3.05) is 18.4 Å². The maximum Gasteiger partial charge on any atom is 0.244 e. The second kappa shape index (κ2) is 6.34. The number of aromatic hydroxyl groups is 1. The highest BCUT2D eigenvalue weighted by Gasteiger charge is 2.37. The van der Waals surface area contributed by atoms with Crippen molar-refractivity contribution in [3.8, 4) is 5.75 Å². The predicted octanol–water partition coefficient (Wildman–Crippen LogP) is 1.39. The summed E-state index contributed by atoms with van der Waals surface area (Å²) in [6, 6.07) is 3.95. The molecular weight excluding hydrogens is 330 g/mol. The van der Waals surface area contributed by atoms with Gasteiger partial charge >= 0.3 is 0 Å². The zero-order valence-corrected chi connectivity index (χ0v) is 14.3. The number of phenols is 1. The van der Waals surface area contributed by atoms with E-state index in [1.807, 2.05) is 0 Å². The molecule has 132 valence electrons. The number of amides is 1. The van der Waals surface area contributed by atoms with Gasteiger partial charge in [-0.05, 0) is 43.9 Å². The lowest BCUT2D eigenvalue weighted by molar-refractivity contribution is -0.121. The lowest BCUT2D eigenvalue weighted by Crippen LogP contribution is -2.48. The Labute approximate surface area is 141 Å². The monoisotopic (exact) mass is 353 g/mol. The van der Waals surface area contributed by atoms with Gasteiger partial charge in [0.25, 0.3) is 0 Å². The van der Waals surface area contributed by atoms with Gasteiger partial charge in [-0.3, -0.25) is 4.79 Å². The number of carbonyl (C=O) groups is 1. The van der Waals surface area contributed by atoms with Crippen LogP contribution in [0.3, 0.4) is 0 Å². The Hall–Kier alpha value is -1.64. The molecule has 4 N–H and O–H groups in total. The first-order valence-electron chi connectivity index (χ1n) is 8.26. The van der Waals surface area contributed by atoms with Crippen LogP contribution in [0.15, 0.2) is 23.1 Å². The van der Waals surface area contributed by atoms with Crippen molar-refractivity contribution < 1.29 is 18.3 Å². The van der Waals surface area contributed by atoms with Crippen LogP contribution in [0.25, 0.3) is 0 Å². The number of nitrogens with zero attached hydrogens (tertiary/aromatic N) is 1. The van der Waals surface area contributed by atoms with Gasteiger partial charge < -0.3 is 16.2 Å². The smallest absolute Gasteiger partial charge is 0.244 e. The van der Waals surface area contributed by atoms with Gasteiger partial charge in [-0.1, -0.05) is 12.8 Å². The van der Waals surface area contributed by atoms with Gasteiger partial charge in [0.15, 0.2) is 0 Å². The molecule has 2 aliphatic rings. The summed E-state index contributed by atoms with van der Waals surface area (Å²) < 4.78 is 26.6. The third kappa shape index (κ3) is 3.13. The zero-order chi connectivity index (χ0) is 17.4. The van der Waals surface area contributed by atoms with Crippen molar-refractivity contribution in [1.29, 1.82) is 0 Å². The standard InChI is InChI=1S/C16H23N3O4S/c17-16(7-1-2-8-16)15(21)18-13-11-12(5-6-14(13)20)24(22,23)19-9-3-4-10-19/h5-6,11,20H,1-4,7-10,17H2,(H,18,21). The number of hydrogen-bond acceptors (Lipinski definition) is 5. The van der Waals surface area contributed by atoms with Crippen LogP contribution in [0.1, 0.15) is 38.5 Å². The third-order valence-corrected chi connectivity index (χ3v) is 6.76. The maximum absolute atomic E-state index is 12.6. The molecule has 2 fully saturated rings. The van der Waals surface area contributed by atoms with Crippen molar-refractivity contribution >= 4 is 21.6 Å². The average Bonchev–Trinajstić information content (AvgIpc) is 3.21. The molecule has 0 atom stereocenters. The highest BCUT2D eigenvalue weighted by atomic mass is 32.2. The summed E-state index contributed by atoms with van der Waals surface area (Å²) in [7, 11) is -3.61. The van der Waals surface area contributed by atoms with Crippen LogP contribution in [0.4, 0.5) is 5.69 Å². The number of rotatable bonds is 4. The fraction of sp³-hybridized carbons (Fsp3) is 0.562. The van der Waals surface area contributed by atoms with Crippen molar-refractivity contribution in [2.45, 2.75) is 49.0 Å². The molecule has 0 radical (unpaired) electrons.